The molecule has 0 aliphatic rings. The Morgan fingerprint density at radius 1 is 1.27 bits per heavy atom. The minimum absolute atomic E-state index is 0. The van der Waals surface area contributed by atoms with Gasteiger partial charge < -0.3 is 17.9 Å². The standard InChI is InChI=1S/C8H7BF3N2.K/c1-5-13-7-3-2-6(9(10,11)12)4-8(7)14-5;/h2-4H,1H3,(H,13,14);/q-1;+1. The normalized spacial score (nSPS) is 11.5. The minimum Gasteiger partial charge on any atom is -0.445 e. The molecular weight excluding hydrogens is 231 g/mol. The molecule has 0 aliphatic heterocycles. The monoisotopic (exact) mass is 238 g/mol. The van der Waals surface area contributed by atoms with Gasteiger partial charge in [0.15, 0.2) is 0 Å². The number of aromatic amines is 1. The second kappa shape index (κ2) is 4.59. The van der Waals surface area contributed by atoms with Crippen LogP contribution in [0.3, 0.4) is 0 Å². The number of benzene rings is 1. The summed E-state index contributed by atoms with van der Waals surface area (Å²) in [6.07, 6.45) is 0. The number of rotatable bonds is 1. The summed E-state index contributed by atoms with van der Waals surface area (Å²) in [7, 11) is 0. The zero-order chi connectivity index (χ0) is 10.3. The summed E-state index contributed by atoms with van der Waals surface area (Å²) in [6, 6.07) is 3.53. The van der Waals surface area contributed by atoms with E-state index in [2.05, 4.69) is 9.97 Å². The largest absolute Gasteiger partial charge is 1.00 e. The van der Waals surface area contributed by atoms with Crippen LogP contribution in [-0.2, 0) is 0 Å². The Kier molecular flexibility index (Phi) is 4.05. The number of fused-ring (bicyclic) bond motifs is 1. The number of aromatic nitrogens is 2. The maximum atomic E-state index is 12.4. The van der Waals surface area contributed by atoms with Crippen LogP contribution in [0.15, 0.2) is 18.2 Å². The van der Waals surface area contributed by atoms with Gasteiger partial charge in [0.05, 0.1) is 11.0 Å². The van der Waals surface area contributed by atoms with Crippen molar-refractivity contribution in [3.63, 3.8) is 0 Å². The van der Waals surface area contributed by atoms with E-state index in [1.54, 1.807) is 6.92 Å². The van der Waals surface area contributed by atoms with Gasteiger partial charge in [0.1, 0.15) is 5.82 Å². The molecule has 2 aromatic rings. The number of H-pyrrole nitrogens is 1. The summed E-state index contributed by atoms with van der Waals surface area (Å²) in [4.78, 5) is 6.79. The Balaban J connectivity index is 0.00000112. The van der Waals surface area contributed by atoms with Crippen molar-refractivity contribution in [1.82, 2.24) is 9.97 Å². The third-order valence-electron chi connectivity index (χ3n) is 2.00. The summed E-state index contributed by atoms with van der Waals surface area (Å²) in [6.45, 7) is -3.22. The molecule has 0 amide bonds. The predicted octanol–water partition coefficient (Wildman–Crippen LogP) is -1.07. The molecule has 15 heavy (non-hydrogen) atoms. The van der Waals surface area contributed by atoms with Gasteiger partial charge in [-0.3, -0.25) is 0 Å². The Bertz CT molecular complexity index is 480. The van der Waals surface area contributed by atoms with E-state index in [1.165, 1.54) is 6.07 Å². The van der Waals surface area contributed by atoms with Crippen LogP contribution < -0.4 is 56.8 Å². The smallest absolute Gasteiger partial charge is 0.445 e. The van der Waals surface area contributed by atoms with Crippen molar-refractivity contribution in [3.8, 4) is 0 Å². The number of halogens is 3. The first-order valence-corrected chi connectivity index (χ1v) is 4.13. The Morgan fingerprint density at radius 3 is 2.53 bits per heavy atom. The van der Waals surface area contributed by atoms with E-state index in [0.717, 1.165) is 12.1 Å². The van der Waals surface area contributed by atoms with E-state index in [4.69, 9.17) is 0 Å². The summed E-state index contributed by atoms with van der Waals surface area (Å²) in [5.41, 5.74) is 0.395. The van der Waals surface area contributed by atoms with Crippen molar-refractivity contribution in [1.29, 1.82) is 0 Å². The molecule has 1 aromatic heterocycles. The van der Waals surface area contributed by atoms with Crippen LogP contribution in [0.5, 0.6) is 0 Å². The van der Waals surface area contributed by atoms with Gasteiger partial charge in [0.25, 0.3) is 0 Å². The maximum absolute atomic E-state index is 12.4. The first kappa shape index (κ1) is 13.2. The van der Waals surface area contributed by atoms with Crippen LogP contribution in [0.25, 0.3) is 11.0 Å². The van der Waals surface area contributed by atoms with E-state index in [1.807, 2.05) is 0 Å². The second-order valence-electron chi connectivity index (χ2n) is 3.17. The van der Waals surface area contributed by atoms with Gasteiger partial charge in [-0.25, -0.2) is 4.98 Å². The Morgan fingerprint density at radius 2 is 1.93 bits per heavy atom. The zero-order valence-electron chi connectivity index (χ0n) is 8.39. The third kappa shape index (κ3) is 2.85. The van der Waals surface area contributed by atoms with E-state index in [0.29, 0.717) is 16.9 Å². The molecule has 0 bridgehead atoms. The van der Waals surface area contributed by atoms with Crippen LogP contribution in [0.1, 0.15) is 5.82 Å². The Labute approximate surface area is 127 Å². The van der Waals surface area contributed by atoms with Crippen molar-refractivity contribution in [2.75, 3.05) is 0 Å². The van der Waals surface area contributed by atoms with Gasteiger partial charge in [-0.05, 0) is 13.0 Å². The SMILES string of the molecule is Cc1nc2ccc([B-](F)(F)F)cc2[nH]1.[K+]. The number of hydrogen-bond acceptors (Lipinski definition) is 1. The van der Waals surface area contributed by atoms with E-state index < -0.39 is 12.4 Å². The number of hydrogen-bond donors (Lipinski definition) is 1. The van der Waals surface area contributed by atoms with Crippen molar-refractivity contribution in [3.05, 3.63) is 24.0 Å². The summed E-state index contributed by atoms with van der Waals surface area (Å²) in [5, 5.41) is 0. The van der Waals surface area contributed by atoms with E-state index in [-0.39, 0.29) is 51.4 Å². The van der Waals surface area contributed by atoms with Gasteiger partial charge in [0.2, 0.25) is 0 Å². The van der Waals surface area contributed by atoms with Gasteiger partial charge in [-0.2, -0.15) is 0 Å². The number of imidazole rings is 1. The minimum atomic E-state index is -4.92. The van der Waals surface area contributed by atoms with Gasteiger partial charge in [-0.15, -0.1) is 5.46 Å². The molecule has 2 rings (SSSR count). The average molecular weight is 238 g/mol. The molecule has 74 valence electrons. The van der Waals surface area contributed by atoms with Crippen molar-refractivity contribution >= 4 is 23.5 Å². The fourth-order valence-electron chi connectivity index (χ4n) is 1.36. The molecule has 0 aliphatic carbocycles. The van der Waals surface area contributed by atoms with Crippen molar-refractivity contribution in [2.45, 2.75) is 6.92 Å². The molecule has 0 saturated carbocycles. The molecule has 1 N–H and O–H groups in total. The van der Waals surface area contributed by atoms with Crippen LogP contribution in [-0.4, -0.2) is 16.9 Å². The second-order valence-corrected chi connectivity index (χ2v) is 3.17. The molecule has 0 spiro atoms. The molecule has 1 heterocycles. The molecule has 0 atom stereocenters. The fourth-order valence-corrected chi connectivity index (χ4v) is 1.36. The molecule has 0 saturated heterocycles. The van der Waals surface area contributed by atoms with Gasteiger partial charge in [-0.1, -0.05) is 12.1 Å². The summed E-state index contributed by atoms with van der Waals surface area (Å²) >= 11 is 0. The van der Waals surface area contributed by atoms with E-state index in [9.17, 15) is 12.9 Å². The number of nitrogens with one attached hydrogen (secondary N) is 1. The van der Waals surface area contributed by atoms with Crippen LogP contribution in [0, 0.1) is 6.92 Å². The first-order valence-electron chi connectivity index (χ1n) is 4.13. The zero-order valence-corrected chi connectivity index (χ0v) is 11.5. The molecule has 0 radical (unpaired) electrons. The summed E-state index contributed by atoms with van der Waals surface area (Å²) in [5.74, 6) is 0.617. The predicted molar refractivity (Wildman–Crippen MR) is 49.5 cm³/mol. The van der Waals surface area contributed by atoms with Gasteiger partial charge in [0, 0.05) is 0 Å². The average Bonchev–Trinajstić information content (AvgIpc) is 2.41. The van der Waals surface area contributed by atoms with Crippen molar-refractivity contribution in [2.24, 2.45) is 0 Å². The molecular formula is C8H7BF3KN2. The van der Waals surface area contributed by atoms with Crippen LogP contribution in [0.2, 0.25) is 0 Å². The Hall–Kier alpha value is 0.181. The van der Waals surface area contributed by atoms with E-state index >= 15 is 0 Å². The molecule has 2 nitrogen and oxygen atoms in total. The van der Waals surface area contributed by atoms with Crippen LogP contribution in [0.4, 0.5) is 12.9 Å². The maximum Gasteiger partial charge on any atom is 1.00 e. The number of nitrogens with zero attached hydrogens (tertiary/aromatic N) is 1. The van der Waals surface area contributed by atoms with Crippen LogP contribution >= 0.6 is 0 Å². The summed E-state index contributed by atoms with van der Waals surface area (Å²) < 4.78 is 37.1. The third-order valence-corrected chi connectivity index (χ3v) is 2.00. The topological polar surface area (TPSA) is 28.7 Å². The van der Waals surface area contributed by atoms with Gasteiger partial charge >= 0.3 is 58.4 Å². The van der Waals surface area contributed by atoms with Crippen molar-refractivity contribution < 1.29 is 64.3 Å². The molecule has 0 fully saturated rings. The molecule has 7 heteroatoms. The molecule has 0 unspecified atom stereocenters. The molecule has 1 aromatic carbocycles. The fraction of sp³-hybridized carbons (Fsp3) is 0.125. The number of aryl methyl sites for hydroxylation is 1. The quantitative estimate of drug-likeness (QED) is 0.630. The first-order chi connectivity index (χ1) is 6.47.